The molecule has 0 saturated carbocycles. The number of hydrogen-bond donors (Lipinski definition) is 2. The Morgan fingerprint density at radius 3 is 2.21 bits per heavy atom. The number of aliphatic carboxylic acids is 1. The van der Waals surface area contributed by atoms with Crippen LogP contribution in [0.25, 0.3) is 0 Å². The SMILES string of the molecule is N=C(c1ccc(N2CCC3(CCN(C(=O)CCCC(=O)O)CC3)C2=O)cc1)N1CCOCC1. The van der Waals surface area contributed by atoms with E-state index in [0.29, 0.717) is 71.0 Å². The number of nitrogens with one attached hydrogen (secondary N) is 1. The van der Waals surface area contributed by atoms with Crippen LogP contribution in [0.2, 0.25) is 0 Å². The first-order chi connectivity index (χ1) is 15.9. The minimum atomic E-state index is -0.886. The van der Waals surface area contributed by atoms with Crippen LogP contribution in [0.4, 0.5) is 5.69 Å². The maximum absolute atomic E-state index is 13.4. The van der Waals surface area contributed by atoms with Crippen LogP contribution in [0.5, 0.6) is 0 Å². The highest BCUT2D eigenvalue weighted by Crippen LogP contribution is 2.43. The molecule has 0 aliphatic carbocycles. The molecular formula is C24H32N4O5. The zero-order valence-corrected chi connectivity index (χ0v) is 18.9. The number of piperidine rings is 1. The van der Waals surface area contributed by atoms with Crippen LogP contribution in [0.1, 0.15) is 44.1 Å². The van der Waals surface area contributed by atoms with E-state index < -0.39 is 11.4 Å². The highest BCUT2D eigenvalue weighted by molar-refractivity contribution is 6.01. The quantitative estimate of drug-likeness (QED) is 0.500. The number of rotatable bonds is 6. The lowest BCUT2D eigenvalue weighted by atomic mass is 9.77. The normalized spacial score (nSPS) is 20.4. The topological polar surface area (TPSA) is 114 Å². The van der Waals surface area contributed by atoms with E-state index in [4.69, 9.17) is 15.3 Å². The monoisotopic (exact) mass is 456 g/mol. The van der Waals surface area contributed by atoms with Crippen LogP contribution < -0.4 is 4.90 Å². The molecule has 3 fully saturated rings. The first-order valence-corrected chi connectivity index (χ1v) is 11.7. The van der Waals surface area contributed by atoms with Crippen molar-refractivity contribution in [1.29, 1.82) is 5.41 Å². The molecule has 0 unspecified atom stereocenters. The lowest BCUT2D eigenvalue weighted by Crippen LogP contribution is -2.46. The molecule has 3 aliphatic heterocycles. The standard InChI is InChI=1S/C24H32N4O5/c25-22(27-14-16-33-17-15-27)18-4-6-19(7-5-18)28-13-10-24(23(28)32)8-11-26(12-9-24)20(29)2-1-3-21(30)31/h4-7,25H,1-3,8-17H2,(H,30,31). The van der Waals surface area contributed by atoms with E-state index >= 15 is 0 Å². The molecular weight excluding hydrogens is 424 g/mol. The summed E-state index contributed by atoms with van der Waals surface area (Å²) in [5.74, 6) is -0.305. The van der Waals surface area contributed by atoms with Gasteiger partial charge in [-0.05, 0) is 49.9 Å². The number of ether oxygens (including phenoxy) is 1. The van der Waals surface area contributed by atoms with Crippen LogP contribution in [-0.4, -0.2) is 84.5 Å². The minimum Gasteiger partial charge on any atom is -0.481 e. The Hall–Kier alpha value is -2.94. The fraction of sp³-hybridized carbons (Fsp3) is 0.583. The third-order valence-electron chi connectivity index (χ3n) is 7.15. The van der Waals surface area contributed by atoms with Gasteiger partial charge in [0.15, 0.2) is 0 Å². The van der Waals surface area contributed by atoms with E-state index in [2.05, 4.69) is 0 Å². The van der Waals surface area contributed by atoms with Crippen LogP contribution >= 0.6 is 0 Å². The highest BCUT2D eigenvalue weighted by atomic mass is 16.5. The number of benzene rings is 1. The molecule has 0 radical (unpaired) electrons. The molecule has 1 aromatic rings. The van der Waals surface area contributed by atoms with Crippen molar-refractivity contribution in [2.45, 2.75) is 38.5 Å². The maximum Gasteiger partial charge on any atom is 0.303 e. The largest absolute Gasteiger partial charge is 0.481 e. The lowest BCUT2D eigenvalue weighted by Gasteiger charge is -2.38. The van der Waals surface area contributed by atoms with Crippen LogP contribution in [0, 0.1) is 10.8 Å². The Morgan fingerprint density at radius 2 is 1.58 bits per heavy atom. The first-order valence-electron chi connectivity index (χ1n) is 11.7. The lowest BCUT2D eigenvalue weighted by molar-refractivity contribution is -0.139. The maximum atomic E-state index is 13.4. The number of carbonyl (C=O) groups excluding carboxylic acids is 2. The molecule has 2 N–H and O–H groups in total. The predicted octanol–water partition coefficient (Wildman–Crippen LogP) is 1.94. The van der Waals surface area contributed by atoms with Crippen molar-refractivity contribution >= 4 is 29.3 Å². The van der Waals surface area contributed by atoms with Gasteiger partial charge in [-0.3, -0.25) is 19.8 Å². The Kier molecular flexibility index (Phi) is 6.97. The first kappa shape index (κ1) is 23.2. The van der Waals surface area contributed by atoms with Gasteiger partial charge in [0, 0.05) is 56.8 Å². The molecule has 3 aliphatic rings. The van der Waals surface area contributed by atoms with Crippen molar-refractivity contribution in [2.75, 3.05) is 50.8 Å². The number of morpholine rings is 1. The zero-order chi connectivity index (χ0) is 23.4. The zero-order valence-electron chi connectivity index (χ0n) is 18.9. The summed E-state index contributed by atoms with van der Waals surface area (Å²) in [6.07, 6.45) is 2.66. The van der Waals surface area contributed by atoms with Gasteiger partial charge in [0.2, 0.25) is 11.8 Å². The van der Waals surface area contributed by atoms with Crippen molar-refractivity contribution in [3.8, 4) is 0 Å². The summed E-state index contributed by atoms with van der Waals surface area (Å²) in [7, 11) is 0. The molecule has 0 aromatic heterocycles. The highest BCUT2D eigenvalue weighted by Gasteiger charge is 2.48. The van der Waals surface area contributed by atoms with Gasteiger partial charge < -0.3 is 24.5 Å². The van der Waals surface area contributed by atoms with Gasteiger partial charge >= 0.3 is 5.97 Å². The number of carboxylic acids is 1. The van der Waals surface area contributed by atoms with E-state index in [9.17, 15) is 14.4 Å². The van der Waals surface area contributed by atoms with Crippen molar-refractivity contribution < 1.29 is 24.2 Å². The Balaban J connectivity index is 1.33. The van der Waals surface area contributed by atoms with Gasteiger partial charge in [0.25, 0.3) is 0 Å². The molecule has 178 valence electrons. The summed E-state index contributed by atoms with van der Waals surface area (Å²) in [6, 6.07) is 7.65. The Labute approximate surface area is 193 Å². The number of carboxylic acid groups (broad SMARTS) is 1. The fourth-order valence-corrected chi connectivity index (χ4v) is 5.03. The second-order valence-corrected chi connectivity index (χ2v) is 9.11. The van der Waals surface area contributed by atoms with Crippen molar-refractivity contribution in [3.63, 3.8) is 0 Å². The average molecular weight is 457 g/mol. The summed E-state index contributed by atoms with van der Waals surface area (Å²) in [5.41, 5.74) is 1.26. The molecule has 1 aromatic carbocycles. The molecule has 0 bridgehead atoms. The number of anilines is 1. The van der Waals surface area contributed by atoms with Crippen LogP contribution in [-0.2, 0) is 19.1 Å². The molecule has 33 heavy (non-hydrogen) atoms. The molecule has 9 heteroatoms. The fourth-order valence-electron chi connectivity index (χ4n) is 5.03. The van der Waals surface area contributed by atoms with Gasteiger partial charge in [0.05, 0.1) is 18.6 Å². The van der Waals surface area contributed by atoms with Crippen LogP contribution in [0.15, 0.2) is 24.3 Å². The molecule has 9 nitrogen and oxygen atoms in total. The summed E-state index contributed by atoms with van der Waals surface area (Å²) >= 11 is 0. The summed E-state index contributed by atoms with van der Waals surface area (Å²) < 4.78 is 5.36. The minimum absolute atomic E-state index is 0.00166. The molecule has 3 saturated heterocycles. The molecule has 4 rings (SSSR count). The second-order valence-electron chi connectivity index (χ2n) is 9.11. The number of hydrogen-bond acceptors (Lipinski definition) is 5. The third kappa shape index (κ3) is 5.03. The number of amides is 2. The average Bonchev–Trinajstić information content (AvgIpc) is 3.15. The number of likely N-dealkylation sites (tertiary alicyclic amines) is 1. The van der Waals surface area contributed by atoms with Gasteiger partial charge in [-0.2, -0.15) is 0 Å². The Morgan fingerprint density at radius 1 is 0.939 bits per heavy atom. The summed E-state index contributed by atoms with van der Waals surface area (Å²) in [4.78, 5) is 42.0. The van der Waals surface area contributed by atoms with E-state index in [0.717, 1.165) is 17.7 Å². The van der Waals surface area contributed by atoms with E-state index in [1.165, 1.54) is 0 Å². The van der Waals surface area contributed by atoms with E-state index in [1.807, 2.05) is 34.1 Å². The Bertz CT molecular complexity index is 902. The van der Waals surface area contributed by atoms with E-state index in [-0.39, 0.29) is 24.7 Å². The third-order valence-corrected chi connectivity index (χ3v) is 7.15. The number of amidine groups is 1. The molecule has 2 amide bonds. The van der Waals surface area contributed by atoms with Crippen molar-refractivity contribution in [2.24, 2.45) is 5.41 Å². The smallest absolute Gasteiger partial charge is 0.303 e. The molecule has 0 atom stereocenters. The van der Waals surface area contributed by atoms with Crippen LogP contribution in [0.3, 0.4) is 0 Å². The van der Waals surface area contributed by atoms with Gasteiger partial charge in [0.1, 0.15) is 5.84 Å². The molecule has 1 spiro atoms. The van der Waals surface area contributed by atoms with Crippen molar-refractivity contribution in [1.82, 2.24) is 9.80 Å². The van der Waals surface area contributed by atoms with Gasteiger partial charge in [-0.25, -0.2) is 0 Å². The van der Waals surface area contributed by atoms with Gasteiger partial charge in [-0.15, -0.1) is 0 Å². The number of nitrogens with zero attached hydrogens (tertiary/aromatic N) is 3. The summed E-state index contributed by atoms with van der Waals surface area (Å²) in [6.45, 7) is 4.44. The molecule has 3 heterocycles. The van der Waals surface area contributed by atoms with Gasteiger partial charge in [-0.1, -0.05) is 0 Å². The van der Waals surface area contributed by atoms with Crippen molar-refractivity contribution in [3.05, 3.63) is 29.8 Å². The number of carbonyl (C=O) groups is 3. The summed E-state index contributed by atoms with van der Waals surface area (Å²) in [5, 5.41) is 17.2. The predicted molar refractivity (Wildman–Crippen MR) is 122 cm³/mol. The van der Waals surface area contributed by atoms with E-state index in [1.54, 1.807) is 4.90 Å². The second kappa shape index (κ2) is 9.91.